The van der Waals surface area contributed by atoms with Crippen LogP contribution in [0, 0.1) is 0 Å². The molecular weight excluding hydrogens is 226 g/mol. The average molecular weight is 242 g/mol. The summed E-state index contributed by atoms with van der Waals surface area (Å²) in [6.45, 7) is 1.28. The molecule has 0 spiro atoms. The van der Waals surface area contributed by atoms with Gasteiger partial charge < -0.3 is 11.5 Å². The molecule has 1 aromatic rings. The molecule has 1 rings (SSSR count). The van der Waals surface area contributed by atoms with Gasteiger partial charge in [0, 0.05) is 18.1 Å². The number of amides is 1. The van der Waals surface area contributed by atoms with Gasteiger partial charge >= 0.3 is 0 Å². The van der Waals surface area contributed by atoms with Gasteiger partial charge in [-0.1, -0.05) is 23.7 Å². The maximum Gasteiger partial charge on any atom is 0.231 e. The number of primary amides is 1. The number of rotatable bonds is 5. The first kappa shape index (κ1) is 13.0. The number of nitrogens with two attached hydrogens (primary N) is 2. The smallest absolute Gasteiger partial charge is 0.231 e. The van der Waals surface area contributed by atoms with E-state index in [1.54, 1.807) is 0 Å². The van der Waals surface area contributed by atoms with Crippen molar-refractivity contribution in [3.63, 3.8) is 0 Å². The molecule has 1 amide bonds. The predicted octanol–water partition coefficient (Wildman–Crippen LogP) is 0.716. The van der Waals surface area contributed by atoms with Gasteiger partial charge in [0.25, 0.3) is 0 Å². The predicted molar refractivity (Wildman–Crippen MR) is 64.9 cm³/mol. The summed E-state index contributed by atoms with van der Waals surface area (Å²) in [6.07, 6.45) is 0. The van der Waals surface area contributed by atoms with Crippen molar-refractivity contribution in [1.82, 2.24) is 4.90 Å². The molecule has 0 fully saturated rings. The zero-order valence-corrected chi connectivity index (χ0v) is 10.00. The SMILES string of the molecule is CN(CC(N)=O)Cc1ccc(CN)cc1Cl. The van der Waals surface area contributed by atoms with E-state index in [0.29, 0.717) is 18.1 Å². The zero-order chi connectivity index (χ0) is 12.1. The largest absolute Gasteiger partial charge is 0.369 e. The molecule has 0 aliphatic carbocycles. The molecule has 1 aromatic carbocycles. The average Bonchev–Trinajstić information content (AvgIpc) is 2.19. The highest BCUT2D eigenvalue weighted by molar-refractivity contribution is 6.31. The van der Waals surface area contributed by atoms with Crippen LogP contribution < -0.4 is 11.5 Å². The first-order valence-electron chi connectivity index (χ1n) is 4.97. The van der Waals surface area contributed by atoms with E-state index in [-0.39, 0.29) is 12.5 Å². The molecule has 0 saturated carbocycles. The van der Waals surface area contributed by atoms with Crippen LogP contribution in [0.25, 0.3) is 0 Å². The van der Waals surface area contributed by atoms with Crippen molar-refractivity contribution < 1.29 is 4.79 Å². The quantitative estimate of drug-likeness (QED) is 0.798. The Morgan fingerprint density at radius 3 is 2.69 bits per heavy atom. The summed E-state index contributed by atoms with van der Waals surface area (Å²) in [5.41, 5.74) is 12.6. The van der Waals surface area contributed by atoms with E-state index in [2.05, 4.69) is 0 Å². The monoisotopic (exact) mass is 241 g/mol. The number of carbonyl (C=O) groups excluding carboxylic acids is 1. The minimum absolute atomic E-state index is 0.217. The minimum Gasteiger partial charge on any atom is -0.369 e. The van der Waals surface area contributed by atoms with Gasteiger partial charge in [0.2, 0.25) is 5.91 Å². The Labute approximate surface area is 100 Å². The molecule has 88 valence electrons. The summed E-state index contributed by atoms with van der Waals surface area (Å²) in [5, 5.41) is 0.666. The standard InChI is InChI=1S/C11H16ClN3O/c1-15(7-11(14)16)6-9-3-2-8(5-13)4-10(9)12/h2-4H,5-7,13H2,1H3,(H2,14,16). The topological polar surface area (TPSA) is 72.3 Å². The Balaban J connectivity index is 2.70. The Bertz CT molecular complexity index is 381. The van der Waals surface area contributed by atoms with Crippen LogP contribution in [0.4, 0.5) is 0 Å². The number of halogens is 1. The van der Waals surface area contributed by atoms with Crippen LogP contribution in [-0.2, 0) is 17.9 Å². The van der Waals surface area contributed by atoms with Crippen molar-refractivity contribution in [2.75, 3.05) is 13.6 Å². The third kappa shape index (κ3) is 3.81. The van der Waals surface area contributed by atoms with Crippen molar-refractivity contribution in [1.29, 1.82) is 0 Å². The van der Waals surface area contributed by atoms with Gasteiger partial charge in [-0.2, -0.15) is 0 Å². The second kappa shape index (κ2) is 5.84. The first-order chi connectivity index (χ1) is 7.52. The minimum atomic E-state index is -0.350. The van der Waals surface area contributed by atoms with Crippen molar-refractivity contribution in [3.8, 4) is 0 Å². The summed E-state index contributed by atoms with van der Waals surface area (Å²) in [5.74, 6) is -0.350. The van der Waals surface area contributed by atoms with E-state index >= 15 is 0 Å². The number of nitrogens with zero attached hydrogens (tertiary/aromatic N) is 1. The van der Waals surface area contributed by atoms with Crippen LogP contribution >= 0.6 is 11.6 Å². The maximum atomic E-state index is 10.7. The first-order valence-corrected chi connectivity index (χ1v) is 5.35. The number of carbonyl (C=O) groups is 1. The summed E-state index contributed by atoms with van der Waals surface area (Å²) >= 11 is 6.09. The molecule has 5 heteroatoms. The van der Waals surface area contributed by atoms with E-state index in [0.717, 1.165) is 11.1 Å². The molecule has 0 unspecified atom stereocenters. The number of likely N-dealkylation sites (N-methyl/N-ethyl adjacent to an activating group) is 1. The molecule has 4 nitrogen and oxygen atoms in total. The molecule has 0 radical (unpaired) electrons. The number of hydrogen-bond donors (Lipinski definition) is 2. The van der Waals surface area contributed by atoms with Crippen LogP contribution in [0.15, 0.2) is 18.2 Å². The molecule has 0 aliphatic rings. The van der Waals surface area contributed by atoms with Crippen LogP contribution in [0.1, 0.15) is 11.1 Å². The van der Waals surface area contributed by atoms with Crippen LogP contribution in [-0.4, -0.2) is 24.4 Å². The van der Waals surface area contributed by atoms with E-state index in [1.165, 1.54) is 0 Å². The summed E-state index contributed by atoms with van der Waals surface area (Å²) < 4.78 is 0. The molecule has 0 atom stereocenters. The van der Waals surface area contributed by atoms with Crippen molar-refractivity contribution in [3.05, 3.63) is 34.3 Å². The van der Waals surface area contributed by atoms with E-state index in [1.807, 2.05) is 30.1 Å². The van der Waals surface area contributed by atoms with Gasteiger partial charge in [-0.05, 0) is 24.2 Å². The van der Waals surface area contributed by atoms with Crippen molar-refractivity contribution in [2.24, 2.45) is 11.5 Å². The Hall–Kier alpha value is -1.10. The molecule has 0 heterocycles. The summed E-state index contributed by atoms with van der Waals surface area (Å²) in [7, 11) is 1.82. The Kier molecular flexibility index (Phi) is 4.73. The molecule has 0 bridgehead atoms. The molecular formula is C11H16ClN3O. The van der Waals surface area contributed by atoms with Gasteiger partial charge in [0.05, 0.1) is 6.54 Å². The van der Waals surface area contributed by atoms with Gasteiger partial charge in [0.15, 0.2) is 0 Å². The Morgan fingerprint density at radius 1 is 1.50 bits per heavy atom. The fourth-order valence-electron chi connectivity index (χ4n) is 1.46. The molecule has 0 aliphatic heterocycles. The number of benzene rings is 1. The summed E-state index contributed by atoms with van der Waals surface area (Å²) in [6, 6.07) is 5.69. The lowest BCUT2D eigenvalue weighted by Crippen LogP contribution is -2.30. The second-order valence-electron chi connectivity index (χ2n) is 3.77. The van der Waals surface area contributed by atoms with Gasteiger partial charge in [-0.3, -0.25) is 9.69 Å². The van der Waals surface area contributed by atoms with E-state index in [9.17, 15) is 4.79 Å². The highest BCUT2D eigenvalue weighted by Gasteiger charge is 2.07. The number of hydrogen-bond acceptors (Lipinski definition) is 3. The van der Waals surface area contributed by atoms with Crippen molar-refractivity contribution in [2.45, 2.75) is 13.1 Å². The molecule has 16 heavy (non-hydrogen) atoms. The zero-order valence-electron chi connectivity index (χ0n) is 9.24. The third-order valence-corrected chi connectivity index (χ3v) is 2.57. The third-order valence-electron chi connectivity index (χ3n) is 2.22. The lowest BCUT2D eigenvalue weighted by molar-refractivity contribution is -0.118. The van der Waals surface area contributed by atoms with Crippen LogP contribution in [0.3, 0.4) is 0 Å². The molecule has 0 saturated heterocycles. The van der Waals surface area contributed by atoms with E-state index < -0.39 is 0 Å². The molecule has 4 N–H and O–H groups in total. The Morgan fingerprint density at radius 2 is 2.19 bits per heavy atom. The van der Waals surface area contributed by atoms with Gasteiger partial charge in [-0.25, -0.2) is 0 Å². The molecule has 0 aromatic heterocycles. The fraction of sp³-hybridized carbons (Fsp3) is 0.364. The lowest BCUT2D eigenvalue weighted by Gasteiger charge is -2.15. The van der Waals surface area contributed by atoms with Crippen LogP contribution in [0.2, 0.25) is 5.02 Å². The summed E-state index contributed by atoms with van der Waals surface area (Å²) in [4.78, 5) is 12.5. The fourth-order valence-corrected chi connectivity index (χ4v) is 1.72. The maximum absolute atomic E-state index is 10.7. The lowest BCUT2D eigenvalue weighted by atomic mass is 10.1. The van der Waals surface area contributed by atoms with E-state index in [4.69, 9.17) is 23.1 Å². The van der Waals surface area contributed by atoms with Gasteiger partial charge in [-0.15, -0.1) is 0 Å². The van der Waals surface area contributed by atoms with Crippen LogP contribution in [0.5, 0.6) is 0 Å². The van der Waals surface area contributed by atoms with Crippen molar-refractivity contribution >= 4 is 17.5 Å². The highest BCUT2D eigenvalue weighted by Crippen LogP contribution is 2.19. The second-order valence-corrected chi connectivity index (χ2v) is 4.18. The normalized spacial score (nSPS) is 10.8. The highest BCUT2D eigenvalue weighted by atomic mass is 35.5. The van der Waals surface area contributed by atoms with Gasteiger partial charge in [0.1, 0.15) is 0 Å².